The van der Waals surface area contributed by atoms with Gasteiger partial charge in [-0.2, -0.15) is 0 Å². The second kappa shape index (κ2) is 3.05. The Hall–Kier alpha value is -1.58. The van der Waals surface area contributed by atoms with Gasteiger partial charge in [-0.25, -0.2) is 4.98 Å². The number of H-pyrrole nitrogens is 1. The monoisotopic (exact) mass is 177 g/mol. The molecular formula is C9H11N3O. The Labute approximate surface area is 76.3 Å². The lowest BCUT2D eigenvalue weighted by Gasteiger charge is -2.24. The van der Waals surface area contributed by atoms with Crippen LogP contribution < -0.4 is 0 Å². The van der Waals surface area contributed by atoms with E-state index >= 15 is 0 Å². The molecule has 0 atom stereocenters. The van der Waals surface area contributed by atoms with E-state index in [0.29, 0.717) is 6.54 Å². The number of fused-ring (bicyclic) bond motifs is 1. The Balaban J connectivity index is 2.17. The third-order valence-electron chi connectivity index (χ3n) is 2.26. The summed E-state index contributed by atoms with van der Waals surface area (Å²) >= 11 is 0. The summed E-state index contributed by atoms with van der Waals surface area (Å²) in [7, 11) is 0. The van der Waals surface area contributed by atoms with Crippen molar-refractivity contribution in [2.45, 2.75) is 13.0 Å². The molecule has 1 aliphatic heterocycles. The first-order valence-electron chi connectivity index (χ1n) is 4.23. The quantitative estimate of drug-likeness (QED) is 0.634. The van der Waals surface area contributed by atoms with Crippen LogP contribution in [0.1, 0.15) is 11.4 Å². The Kier molecular flexibility index (Phi) is 1.88. The smallest absolute Gasteiger partial charge is 0.246 e. The summed E-state index contributed by atoms with van der Waals surface area (Å²) in [6.07, 6.45) is 3.85. The van der Waals surface area contributed by atoms with Crippen molar-refractivity contribution < 1.29 is 4.79 Å². The number of carbonyl (C=O) groups is 1. The van der Waals surface area contributed by atoms with E-state index in [0.717, 1.165) is 24.4 Å². The number of hydrogen-bond donors (Lipinski definition) is 1. The molecule has 1 amide bonds. The van der Waals surface area contributed by atoms with E-state index < -0.39 is 0 Å². The first kappa shape index (κ1) is 8.04. The number of amides is 1. The fraction of sp³-hybridized carbons (Fsp3) is 0.333. The number of nitrogens with zero attached hydrogens (tertiary/aromatic N) is 2. The average Bonchev–Trinajstić information content (AvgIpc) is 2.63. The summed E-state index contributed by atoms with van der Waals surface area (Å²) in [5.41, 5.74) is 2.12. The van der Waals surface area contributed by atoms with Gasteiger partial charge in [0, 0.05) is 13.0 Å². The fourth-order valence-corrected chi connectivity index (χ4v) is 1.53. The normalized spacial score (nSPS) is 15.2. The molecule has 0 saturated heterocycles. The summed E-state index contributed by atoms with van der Waals surface area (Å²) in [6.45, 7) is 4.83. The van der Waals surface area contributed by atoms with Crippen LogP contribution in [0.15, 0.2) is 19.0 Å². The lowest BCUT2D eigenvalue weighted by molar-refractivity contribution is -0.126. The van der Waals surface area contributed by atoms with Crippen LogP contribution in [0.25, 0.3) is 0 Å². The minimum absolute atomic E-state index is 0.0137. The molecule has 1 aromatic rings. The third kappa shape index (κ3) is 1.35. The summed E-state index contributed by atoms with van der Waals surface area (Å²) in [5.74, 6) is -0.0137. The predicted molar refractivity (Wildman–Crippen MR) is 47.9 cm³/mol. The van der Waals surface area contributed by atoms with Crippen LogP contribution in [0.5, 0.6) is 0 Å². The maximum Gasteiger partial charge on any atom is 0.246 e. The zero-order valence-corrected chi connectivity index (χ0v) is 7.29. The minimum atomic E-state index is -0.0137. The zero-order valence-electron chi connectivity index (χ0n) is 7.29. The van der Waals surface area contributed by atoms with Gasteiger partial charge in [-0.1, -0.05) is 6.58 Å². The van der Waals surface area contributed by atoms with Crippen LogP contribution in [0.3, 0.4) is 0 Å². The van der Waals surface area contributed by atoms with Gasteiger partial charge in [-0.3, -0.25) is 4.79 Å². The number of carbonyl (C=O) groups excluding carboxylic acids is 1. The highest BCUT2D eigenvalue weighted by atomic mass is 16.2. The van der Waals surface area contributed by atoms with E-state index in [1.165, 1.54) is 6.08 Å². The van der Waals surface area contributed by atoms with Gasteiger partial charge in [0.05, 0.1) is 24.3 Å². The van der Waals surface area contributed by atoms with Gasteiger partial charge < -0.3 is 9.88 Å². The average molecular weight is 177 g/mol. The highest BCUT2D eigenvalue weighted by molar-refractivity contribution is 5.87. The van der Waals surface area contributed by atoms with Crippen molar-refractivity contribution in [2.24, 2.45) is 0 Å². The lowest BCUT2D eigenvalue weighted by Crippen LogP contribution is -2.34. The van der Waals surface area contributed by atoms with Crippen LogP contribution in [0.4, 0.5) is 0 Å². The van der Waals surface area contributed by atoms with Gasteiger partial charge in [-0.05, 0) is 6.08 Å². The standard InChI is InChI=1S/C9H11N3O/c1-2-9(13)12-4-3-7-8(5-12)11-6-10-7/h2,6H,1,3-5H2,(H,10,11). The van der Waals surface area contributed by atoms with Crippen LogP contribution >= 0.6 is 0 Å². The number of nitrogens with one attached hydrogen (secondary N) is 1. The number of rotatable bonds is 1. The molecule has 0 bridgehead atoms. The van der Waals surface area contributed by atoms with Crippen LogP contribution in [-0.4, -0.2) is 27.3 Å². The summed E-state index contributed by atoms with van der Waals surface area (Å²) in [6, 6.07) is 0. The maximum atomic E-state index is 11.3. The van der Waals surface area contributed by atoms with E-state index in [2.05, 4.69) is 16.5 Å². The summed E-state index contributed by atoms with van der Waals surface area (Å²) in [4.78, 5) is 20.2. The molecule has 0 unspecified atom stereocenters. The molecule has 2 heterocycles. The molecule has 0 saturated carbocycles. The third-order valence-corrected chi connectivity index (χ3v) is 2.26. The summed E-state index contributed by atoms with van der Waals surface area (Å²) < 4.78 is 0. The first-order chi connectivity index (χ1) is 6.31. The van der Waals surface area contributed by atoms with Crippen molar-refractivity contribution in [1.29, 1.82) is 0 Å². The Morgan fingerprint density at radius 3 is 3.38 bits per heavy atom. The molecule has 1 N–H and O–H groups in total. The van der Waals surface area contributed by atoms with Crippen molar-refractivity contribution in [2.75, 3.05) is 6.54 Å². The van der Waals surface area contributed by atoms with Gasteiger partial charge in [-0.15, -0.1) is 0 Å². The second-order valence-corrected chi connectivity index (χ2v) is 3.04. The first-order valence-corrected chi connectivity index (χ1v) is 4.23. The molecule has 0 fully saturated rings. The molecule has 4 heteroatoms. The maximum absolute atomic E-state index is 11.3. The molecule has 13 heavy (non-hydrogen) atoms. The van der Waals surface area contributed by atoms with E-state index in [4.69, 9.17) is 0 Å². The number of aromatic amines is 1. The largest absolute Gasteiger partial charge is 0.347 e. The topological polar surface area (TPSA) is 49.0 Å². The van der Waals surface area contributed by atoms with E-state index in [1.54, 1.807) is 11.2 Å². The molecule has 68 valence electrons. The number of hydrogen-bond acceptors (Lipinski definition) is 2. The van der Waals surface area contributed by atoms with Gasteiger partial charge in [0.1, 0.15) is 0 Å². The molecule has 4 nitrogen and oxygen atoms in total. The van der Waals surface area contributed by atoms with E-state index in [1.807, 2.05) is 0 Å². The van der Waals surface area contributed by atoms with Gasteiger partial charge in [0.2, 0.25) is 5.91 Å². The molecule has 0 aliphatic carbocycles. The molecule has 0 radical (unpaired) electrons. The Morgan fingerprint density at radius 1 is 1.77 bits per heavy atom. The van der Waals surface area contributed by atoms with Crippen molar-refractivity contribution in [3.05, 3.63) is 30.4 Å². The second-order valence-electron chi connectivity index (χ2n) is 3.04. The molecular weight excluding hydrogens is 166 g/mol. The van der Waals surface area contributed by atoms with Gasteiger partial charge in [0.15, 0.2) is 0 Å². The zero-order chi connectivity index (χ0) is 9.26. The summed E-state index contributed by atoms with van der Waals surface area (Å²) in [5, 5.41) is 0. The highest BCUT2D eigenvalue weighted by Gasteiger charge is 2.20. The SMILES string of the molecule is C=CC(=O)N1CCc2nc[nH]c2C1. The molecule has 1 aromatic heterocycles. The van der Waals surface area contributed by atoms with Crippen molar-refractivity contribution in [3.8, 4) is 0 Å². The number of imidazole rings is 1. The Bertz CT molecular complexity index is 342. The molecule has 0 spiro atoms. The lowest BCUT2D eigenvalue weighted by atomic mass is 10.1. The molecule has 1 aliphatic rings. The molecule has 0 aromatic carbocycles. The minimum Gasteiger partial charge on any atom is -0.347 e. The van der Waals surface area contributed by atoms with Gasteiger partial charge in [0.25, 0.3) is 0 Å². The highest BCUT2D eigenvalue weighted by Crippen LogP contribution is 2.14. The van der Waals surface area contributed by atoms with Crippen LogP contribution in [-0.2, 0) is 17.8 Å². The van der Waals surface area contributed by atoms with E-state index in [9.17, 15) is 4.79 Å². The predicted octanol–water partition coefficient (Wildman–Crippen LogP) is 0.480. The van der Waals surface area contributed by atoms with Crippen molar-refractivity contribution >= 4 is 5.91 Å². The van der Waals surface area contributed by atoms with Crippen LogP contribution in [0.2, 0.25) is 0 Å². The van der Waals surface area contributed by atoms with Crippen molar-refractivity contribution in [3.63, 3.8) is 0 Å². The van der Waals surface area contributed by atoms with Crippen molar-refractivity contribution in [1.82, 2.24) is 14.9 Å². The van der Waals surface area contributed by atoms with Gasteiger partial charge >= 0.3 is 0 Å². The fourth-order valence-electron chi connectivity index (χ4n) is 1.53. The van der Waals surface area contributed by atoms with E-state index in [-0.39, 0.29) is 5.91 Å². The number of aromatic nitrogens is 2. The van der Waals surface area contributed by atoms with Crippen LogP contribution in [0, 0.1) is 0 Å². The Morgan fingerprint density at radius 2 is 2.62 bits per heavy atom. The molecule has 2 rings (SSSR count).